The maximum absolute atomic E-state index is 15.4. The van der Waals surface area contributed by atoms with Crippen LogP contribution < -0.4 is 4.90 Å². The van der Waals surface area contributed by atoms with E-state index in [2.05, 4.69) is 45.0 Å². The van der Waals surface area contributed by atoms with Crippen molar-refractivity contribution in [3.8, 4) is 11.1 Å². The molecule has 0 saturated carbocycles. The Morgan fingerprint density at radius 2 is 1.66 bits per heavy atom. The van der Waals surface area contributed by atoms with Gasteiger partial charge in [-0.2, -0.15) is 0 Å². The number of fused-ring (bicyclic) bond motifs is 2. The summed E-state index contributed by atoms with van der Waals surface area (Å²) >= 11 is 0. The monoisotopic (exact) mass is 384 g/mol. The minimum atomic E-state index is -0.167. The summed E-state index contributed by atoms with van der Waals surface area (Å²) in [5, 5.41) is 1.57. The van der Waals surface area contributed by atoms with Gasteiger partial charge in [-0.25, -0.2) is 14.4 Å². The summed E-state index contributed by atoms with van der Waals surface area (Å²) in [5.41, 5.74) is 4.88. The van der Waals surface area contributed by atoms with Crippen LogP contribution in [-0.4, -0.2) is 35.0 Å². The third kappa shape index (κ3) is 3.23. The van der Waals surface area contributed by atoms with E-state index < -0.39 is 0 Å². The molecule has 4 nitrogen and oxygen atoms in total. The minimum Gasteiger partial charge on any atom is -0.338 e. The molecule has 0 unspecified atom stereocenters. The van der Waals surface area contributed by atoms with Gasteiger partial charge in [0, 0.05) is 48.7 Å². The largest absolute Gasteiger partial charge is 0.338 e. The summed E-state index contributed by atoms with van der Waals surface area (Å²) in [5.74, 6) is -0.167. The number of benzene rings is 3. The molecule has 0 atom stereocenters. The summed E-state index contributed by atoms with van der Waals surface area (Å²) in [4.78, 5) is 12.6. The van der Waals surface area contributed by atoms with Gasteiger partial charge in [0.2, 0.25) is 0 Å². The summed E-state index contributed by atoms with van der Waals surface area (Å²) in [6, 6.07) is 17.8. The molecule has 0 spiro atoms. The van der Waals surface area contributed by atoms with E-state index in [1.165, 1.54) is 11.9 Å². The average Bonchev–Trinajstić information content (AvgIpc) is 2.92. The zero-order chi connectivity index (χ0) is 19.8. The molecule has 4 aromatic rings. The van der Waals surface area contributed by atoms with E-state index in [9.17, 15) is 0 Å². The van der Waals surface area contributed by atoms with Crippen LogP contribution in [0.25, 0.3) is 21.9 Å². The predicted octanol–water partition coefficient (Wildman–Crippen LogP) is 5.02. The van der Waals surface area contributed by atoms with Crippen molar-refractivity contribution in [1.29, 1.82) is 0 Å². The van der Waals surface area contributed by atoms with Gasteiger partial charge in [0.05, 0.1) is 5.69 Å². The number of rotatable bonds is 2. The van der Waals surface area contributed by atoms with Gasteiger partial charge in [0.15, 0.2) is 5.82 Å². The lowest BCUT2D eigenvalue weighted by molar-refractivity contribution is 0.343. The molecule has 144 valence electrons. The Morgan fingerprint density at radius 1 is 0.862 bits per heavy atom. The summed E-state index contributed by atoms with van der Waals surface area (Å²) < 4.78 is 15.4. The molecule has 5 heteroatoms. The molecule has 5 rings (SSSR count). The quantitative estimate of drug-likeness (QED) is 0.486. The molecule has 1 aromatic heterocycles. The first-order valence-electron chi connectivity index (χ1n) is 9.72. The Morgan fingerprint density at radius 3 is 2.52 bits per heavy atom. The van der Waals surface area contributed by atoms with Gasteiger partial charge < -0.3 is 9.80 Å². The molecule has 0 aliphatic carbocycles. The fourth-order valence-corrected chi connectivity index (χ4v) is 4.04. The topological polar surface area (TPSA) is 32.3 Å². The van der Waals surface area contributed by atoms with Gasteiger partial charge in [0.1, 0.15) is 6.33 Å². The Hall–Kier alpha value is -3.31. The van der Waals surface area contributed by atoms with Gasteiger partial charge in [-0.1, -0.05) is 36.4 Å². The van der Waals surface area contributed by atoms with Crippen LogP contribution in [0.1, 0.15) is 5.56 Å². The molecule has 1 aliphatic heterocycles. The van der Waals surface area contributed by atoms with Crippen molar-refractivity contribution in [2.75, 3.05) is 25.0 Å². The van der Waals surface area contributed by atoms with Crippen molar-refractivity contribution in [2.24, 2.45) is 0 Å². The van der Waals surface area contributed by atoms with Crippen molar-refractivity contribution in [2.45, 2.75) is 6.54 Å². The van der Waals surface area contributed by atoms with Crippen LogP contribution in [0, 0.1) is 5.82 Å². The van der Waals surface area contributed by atoms with Crippen LogP contribution in [0.15, 0.2) is 73.3 Å². The SMILES string of the molecule is CN1CCN(c2ccc3ccccc3c2F)c2ccc(-c3cncnc3)cc2C1. The molecule has 29 heavy (non-hydrogen) atoms. The van der Waals surface area contributed by atoms with E-state index in [0.29, 0.717) is 11.1 Å². The molecule has 3 aromatic carbocycles. The summed E-state index contributed by atoms with van der Waals surface area (Å²) in [6.45, 7) is 2.39. The maximum Gasteiger partial charge on any atom is 0.154 e. The lowest BCUT2D eigenvalue weighted by Gasteiger charge is -2.26. The number of halogens is 1. The molecule has 0 fully saturated rings. The predicted molar refractivity (Wildman–Crippen MR) is 115 cm³/mol. The molecule has 0 saturated heterocycles. The Balaban J connectivity index is 1.64. The van der Waals surface area contributed by atoms with Crippen molar-refractivity contribution < 1.29 is 4.39 Å². The highest BCUT2D eigenvalue weighted by molar-refractivity contribution is 5.88. The molecular formula is C24H21FN4. The van der Waals surface area contributed by atoms with Crippen LogP contribution in [0.2, 0.25) is 0 Å². The number of hydrogen-bond donors (Lipinski definition) is 0. The number of likely N-dealkylation sites (N-methyl/N-ethyl adjacent to an activating group) is 1. The van der Waals surface area contributed by atoms with Crippen molar-refractivity contribution in [3.63, 3.8) is 0 Å². The molecule has 1 aliphatic rings. The third-order valence-electron chi connectivity index (χ3n) is 5.54. The molecule has 0 amide bonds. The maximum atomic E-state index is 15.4. The normalized spacial score (nSPS) is 14.6. The Kier molecular flexibility index (Phi) is 4.45. The summed E-state index contributed by atoms with van der Waals surface area (Å²) in [6.07, 6.45) is 5.16. The van der Waals surface area contributed by atoms with E-state index in [1.807, 2.05) is 48.8 Å². The van der Waals surface area contributed by atoms with Gasteiger partial charge in [0.25, 0.3) is 0 Å². The third-order valence-corrected chi connectivity index (χ3v) is 5.54. The minimum absolute atomic E-state index is 0.167. The first kappa shape index (κ1) is 17.8. The van der Waals surface area contributed by atoms with Crippen LogP contribution in [-0.2, 0) is 6.54 Å². The first-order chi connectivity index (χ1) is 14.2. The summed E-state index contributed by atoms with van der Waals surface area (Å²) in [7, 11) is 2.10. The number of aromatic nitrogens is 2. The van der Waals surface area contributed by atoms with Gasteiger partial charge in [-0.3, -0.25) is 0 Å². The van der Waals surface area contributed by atoms with Gasteiger partial charge in [-0.05, 0) is 41.8 Å². The van der Waals surface area contributed by atoms with Crippen LogP contribution in [0.3, 0.4) is 0 Å². The lowest BCUT2D eigenvalue weighted by atomic mass is 10.0. The molecule has 0 bridgehead atoms. The zero-order valence-corrected chi connectivity index (χ0v) is 16.2. The average molecular weight is 384 g/mol. The zero-order valence-electron chi connectivity index (χ0n) is 16.2. The smallest absolute Gasteiger partial charge is 0.154 e. The van der Waals surface area contributed by atoms with E-state index in [0.717, 1.165) is 41.8 Å². The van der Waals surface area contributed by atoms with Crippen LogP contribution >= 0.6 is 0 Å². The van der Waals surface area contributed by atoms with E-state index in [4.69, 9.17) is 0 Å². The molecule has 2 heterocycles. The van der Waals surface area contributed by atoms with E-state index in [1.54, 1.807) is 0 Å². The van der Waals surface area contributed by atoms with Crippen molar-refractivity contribution in [3.05, 3.63) is 84.7 Å². The second-order valence-corrected chi connectivity index (χ2v) is 7.48. The Bertz CT molecular complexity index is 1180. The van der Waals surface area contributed by atoms with E-state index >= 15 is 4.39 Å². The lowest BCUT2D eigenvalue weighted by Crippen LogP contribution is -2.26. The number of hydrogen-bond acceptors (Lipinski definition) is 4. The molecular weight excluding hydrogens is 363 g/mol. The Labute approximate surface area is 169 Å². The number of nitrogens with zero attached hydrogens (tertiary/aromatic N) is 4. The van der Waals surface area contributed by atoms with Crippen LogP contribution in [0.5, 0.6) is 0 Å². The second-order valence-electron chi connectivity index (χ2n) is 7.48. The van der Waals surface area contributed by atoms with Crippen molar-refractivity contribution in [1.82, 2.24) is 14.9 Å². The highest BCUT2D eigenvalue weighted by Crippen LogP contribution is 2.37. The highest BCUT2D eigenvalue weighted by Gasteiger charge is 2.23. The standard InChI is InChI=1S/C24H21FN4/c1-28-10-11-29(23-9-6-17-4-2-3-5-21(17)24(23)25)22-8-7-18(12-19(22)15-28)20-13-26-16-27-14-20/h2-9,12-14,16H,10-11,15H2,1H3. The highest BCUT2D eigenvalue weighted by atomic mass is 19.1. The van der Waals surface area contributed by atoms with E-state index in [-0.39, 0.29) is 5.82 Å². The van der Waals surface area contributed by atoms with Crippen molar-refractivity contribution >= 4 is 22.1 Å². The first-order valence-corrected chi connectivity index (χ1v) is 9.72. The van der Waals surface area contributed by atoms with Crippen LogP contribution in [0.4, 0.5) is 15.8 Å². The second kappa shape index (κ2) is 7.26. The fourth-order valence-electron chi connectivity index (χ4n) is 4.04. The van der Waals surface area contributed by atoms with Gasteiger partial charge >= 0.3 is 0 Å². The molecule has 0 radical (unpaired) electrons. The fraction of sp³-hybridized carbons (Fsp3) is 0.167. The van der Waals surface area contributed by atoms with Gasteiger partial charge in [-0.15, -0.1) is 0 Å². The number of anilines is 2. The molecule has 0 N–H and O–H groups in total.